The fourth-order valence-corrected chi connectivity index (χ4v) is 3.54. The Bertz CT molecular complexity index is 1150. The summed E-state index contributed by atoms with van der Waals surface area (Å²) in [5.74, 6) is 1.53. The number of pyridine rings is 1. The Morgan fingerprint density at radius 2 is 1.84 bits per heavy atom. The molecule has 0 unspecified atom stereocenters. The van der Waals surface area contributed by atoms with Gasteiger partial charge in [-0.05, 0) is 42.0 Å². The lowest BCUT2D eigenvalue weighted by molar-refractivity contribution is 0.191. The lowest BCUT2D eigenvalue weighted by atomic mass is 9.86. The standard InChI is InChI=1S/C24H24N4O2S/c1-16(14-29)24(2,3)15-30-19-7-4-17(5-8-19)20-9-6-18(12-26-20)22-27-13-21(28-22)23-25-10-11-31-23/h4-13,29H,1,14-15H2,2-3H3,(H,27,28). The summed E-state index contributed by atoms with van der Waals surface area (Å²) < 4.78 is 5.89. The van der Waals surface area contributed by atoms with E-state index in [2.05, 4.69) is 26.5 Å². The first-order valence-corrected chi connectivity index (χ1v) is 10.8. The van der Waals surface area contributed by atoms with Crippen LogP contribution in [0.2, 0.25) is 0 Å². The van der Waals surface area contributed by atoms with Crippen molar-refractivity contribution in [1.29, 1.82) is 0 Å². The third-order valence-electron chi connectivity index (χ3n) is 5.17. The van der Waals surface area contributed by atoms with Crippen molar-refractivity contribution in [3.05, 3.63) is 72.5 Å². The highest BCUT2D eigenvalue weighted by Crippen LogP contribution is 2.28. The Labute approximate surface area is 185 Å². The van der Waals surface area contributed by atoms with Gasteiger partial charge >= 0.3 is 0 Å². The molecule has 0 atom stereocenters. The molecule has 0 amide bonds. The zero-order chi connectivity index (χ0) is 21.8. The molecule has 6 nitrogen and oxygen atoms in total. The Hall–Kier alpha value is -3.29. The average Bonchev–Trinajstić information content (AvgIpc) is 3.50. The van der Waals surface area contributed by atoms with Crippen LogP contribution in [0, 0.1) is 5.41 Å². The minimum Gasteiger partial charge on any atom is -0.493 e. The van der Waals surface area contributed by atoms with E-state index in [4.69, 9.17) is 4.74 Å². The molecular formula is C24H24N4O2S. The van der Waals surface area contributed by atoms with Gasteiger partial charge in [0.25, 0.3) is 0 Å². The fraction of sp³-hybridized carbons (Fsp3) is 0.208. The number of aliphatic hydroxyl groups is 1. The quantitative estimate of drug-likeness (QED) is 0.373. The van der Waals surface area contributed by atoms with Crippen LogP contribution < -0.4 is 4.74 Å². The van der Waals surface area contributed by atoms with Gasteiger partial charge in [0, 0.05) is 34.3 Å². The number of ether oxygens (including phenoxy) is 1. The molecule has 0 saturated heterocycles. The van der Waals surface area contributed by atoms with Crippen LogP contribution in [-0.4, -0.2) is 38.3 Å². The van der Waals surface area contributed by atoms with E-state index in [1.165, 1.54) is 0 Å². The van der Waals surface area contributed by atoms with Gasteiger partial charge in [-0.25, -0.2) is 9.97 Å². The van der Waals surface area contributed by atoms with E-state index in [9.17, 15) is 5.11 Å². The van der Waals surface area contributed by atoms with E-state index in [1.807, 2.05) is 61.8 Å². The number of benzene rings is 1. The number of hydrogen-bond acceptors (Lipinski definition) is 6. The number of nitrogens with zero attached hydrogens (tertiary/aromatic N) is 3. The van der Waals surface area contributed by atoms with Crippen LogP contribution in [0.15, 0.2) is 72.5 Å². The maximum absolute atomic E-state index is 9.30. The number of aromatic nitrogens is 4. The first-order valence-electron chi connectivity index (χ1n) is 9.90. The van der Waals surface area contributed by atoms with E-state index >= 15 is 0 Å². The summed E-state index contributed by atoms with van der Waals surface area (Å²) in [6.07, 6.45) is 5.38. The summed E-state index contributed by atoms with van der Waals surface area (Å²) in [6, 6.07) is 11.8. The van der Waals surface area contributed by atoms with Crippen molar-refractivity contribution in [3.8, 4) is 39.1 Å². The van der Waals surface area contributed by atoms with Gasteiger partial charge in [-0.2, -0.15) is 0 Å². The predicted octanol–water partition coefficient (Wildman–Crippen LogP) is 5.22. The first-order chi connectivity index (χ1) is 15.0. The van der Waals surface area contributed by atoms with Gasteiger partial charge in [0.2, 0.25) is 0 Å². The van der Waals surface area contributed by atoms with Gasteiger partial charge in [0.15, 0.2) is 0 Å². The summed E-state index contributed by atoms with van der Waals surface area (Å²) in [4.78, 5) is 16.6. The molecule has 0 radical (unpaired) electrons. The monoisotopic (exact) mass is 432 g/mol. The Kier molecular flexibility index (Phi) is 5.97. The zero-order valence-electron chi connectivity index (χ0n) is 17.5. The van der Waals surface area contributed by atoms with Crippen LogP contribution in [0.3, 0.4) is 0 Å². The van der Waals surface area contributed by atoms with E-state index in [0.717, 1.165) is 44.7 Å². The molecule has 4 aromatic rings. The number of aliphatic hydroxyl groups excluding tert-OH is 1. The molecule has 0 aliphatic carbocycles. The molecule has 0 aliphatic rings. The highest BCUT2D eigenvalue weighted by atomic mass is 32.1. The third kappa shape index (κ3) is 4.73. The SMILES string of the molecule is C=C(CO)C(C)(C)COc1ccc(-c2ccc(-c3ncc(-c4nccs4)[nH]3)cn2)cc1. The highest BCUT2D eigenvalue weighted by molar-refractivity contribution is 7.13. The zero-order valence-corrected chi connectivity index (χ0v) is 18.3. The molecule has 2 N–H and O–H groups in total. The van der Waals surface area contributed by atoms with Crippen LogP contribution in [-0.2, 0) is 0 Å². The molecule has 158 valence electrons. The van der Waals surface area contributed by atoms with E-state index in [0.29, 0.717) is 6.61 Å². The van der Waals surface area contributed by atoms with E-state index in [-0.39, 0.29) is 12.0 Å². The summed E-state index contributed by atoms with van der Waals surface area (Å²) >= 11 is 1.57. The second-order valence-electron chi connectivity index (χ2n) is 7.87. The minimum absolute atomic E-state index is 0.0405. The number of aromatic amines is 1. The number of imidazole rings is 1. The van der Waals surface area contributed by atoms with Crippen molar-refractivity contribution in [2.24, 2.45) is 5.41 Å². The molecule has 3 heterocycles. The van der Waals surface area contributed by atoms with Crippen molar-refractivity contribution >= 4 is 11.3 Å². The molecular weight excluding hydrogens is 408 g/mol. The lowest BCUT2D eigenvalue weighted by Crippen LogP contribution is -2.25. The van der Waals surface area contributed by atoms with Crippen LogP contribution in [0.1, 0.15) is 13.8 Å². The number of thiazole rings is 1. The normalized spacial score (nSPS) is 11.5. The maximum Gasteiger partial charge on any atom is 0.141 e. The highest BCUT2D eigenvalue weighted by Gasteiger charge is 2.22. The topological polar surface area (TPSA) is 83.9 Å². The van der Waals surface area contributed by atoms with Gasteiger partial charge in [-0.3, -0.25) is 4.98 Å². The number of nitrogens with one attached hydrogen (secondary N) is 1. The Morgan fingerprint density at radius 3 is 2.48 bits per heavy atom. The molecule has 7 heteroatoms. The van der Waals surface area contributed by atoms with Crippen LogP contribution in [0.5, 0.6) is 5.75 Å². The van der Waals surface area contributed by atoms with Gasteiger partial charge < -0.3 is 14.8 Å². The molecule has 4 rings (SSSR count). The fourth-order valence-electron chi connectivity index (χ4n) is 2.94. The molecule has 3 aromatic heterocycles. The van der Waals surface area contributed by atoms with E-state index < -0.39 is 0 Å². The summed E-state index contributed by atoms with van der Waals surface area (Å²) in [7, 11) is 0. The average molecular weight is 433 g/mol. The third-order valence-corrected chi connectivity index (χ3v) is 5.98. The summed E-state index contributed by atoms with van der Waals surface area (Å²) in [5.41, 5.74) is 4.14. The van der Waals surface area contributed by atoms with Crippen molar-refractivity contribution in [2.45, 2.75) is 13.8 Å². The molecule has 0 spiro atoms. The number of H-pyrrole nitrogens is 1. The predicted molar refractivity (Wildman–Crippen MR) is 124 cm³/mol. The number of rotatable bonds is 8. The largest absolute Gasteiger partial charge is 0.493 e. The maximum atomic E-state index is 9.30. The van der Waals surface area contributed by atoms with Crippen LogP contribution >= 0.6 is 11.3 Å². The molecule has 0 bridgehead atoms. The molecule has 0 saturated carbocycles. The van der Waals surface area contributed by atoms with Crippen molar-refractivity contribution in [2.75, 3.05) is 13.2 Å². The van der Waals surface area contributed by atoms with E-state index in [1.54, 1.807) is 23.7 Å². The minimum atomic E-state index is -0.296. The second kappa shape index (κ2) is 8.83. The Morgan fingerprint density at radius 1 is 1.06 bits per heavy atom. The van der Waals surface area contributed by atoms with Crippen LogP contribution in [0.25, 0.3) is 33.3 Å². The second-order valence-corrected chi connectivity index (χ2v) is 8.77. The first kappa shape index (κ1) is 21.0. The molecule has 1 aromatic carbocycles. The molecule has 0 fully saturated rings. The van der Waals surface area contributed by atoms with Gasteiger partial charge in [0.05, 0.1) is 30.8 Å². The van der Waals surface area contributed by atoms with Gasteiger partial charge in [-0.15, -0.1) is 11.3 Å². The molecule has 0 aliphatic heterocycles. The number of hydrogen-bond donors (Lipinski definition) is 2. The van der Waals surface area contributed by atoms with Crippen molar-refractivity contribution < 1.29 is 9.84 Å². The molecule has 31 heavy (non-hydrogen) atoms. The van der Waals surface area contributed by atoms with Crippen LogP contribution in [0.4, 0.5) is 0 Å². The lowest BCUT2D eigenvalue weighted by Gasteiger charge is -2.26. The summed E-state index contributed by atoms with van der Waals surface area (Å²) in [5, 5.41) is 12.1. The van der Waals surface area contributed by atoms with Gasteiger partial charge in [-0.1, -0.05) is 20.4 Å². The van der Waals surface area contributed by atoms with Crippen molar-refractivity contribution in [3.63, 3.8) is 0 Å². The van der Waals surface area contributed by atoms with Crippen molar-refractivity contribution in [1.82, 2.24) is 19.9 Å². The smallest absolute Gasteiger partial charge is 0.141 e. The summed E-state index contributed by atoms with van der Waals surface area (Å²) in [6.45, 7) is 8.32. The van der Waals surface area contributed by atoms with Gasteiger partial charge in [0.1, 0.15) is 16.6 Å². The Balaban J connectivity index is 1.43.